The molecule has 4 N–H and O–H groups in total. The Morgan fingerprint density at radius 3 is 2.81 bits per heavy atom. The monoisotopic (exact) mass is 386 g/mol. The number of nitrogens with two attached hydrogens (primary N) is 1. The van der Waals surface area contributed by atoms with Crippen molar-refractivity contribution in [2.45, 2.75) is 31.8 Å². The third-order valence-electron chi connectivity index (χ3n) is 4.44. The normalized spacial score (nSPS) is 16.9. The van der Waals surface area contributed by atoms with E-state index in [2.05, 4.69) is 35.7 Å². The molecule has 140 valence electrons. The zero-order valence-corrected chi connectivity index (χ0v) is 15.9. The Hall–Kier alpha value is -2.82. The maximum atomic E-state index is 11.0. The summed E-state index contributed by atoms with van der Waals surface area (Å²) in [6.07, 6.45) is 1.46. The quantitative estimate of drug-likeness (QED) is 0.679. The summed E-state index contributed by atoms with van der Waals surface area (Å²) in [5.74, 6) is 4.32. The van der Waals surface area contributed by atoms with Crippen LogP contribution in [0.5, 0.6) is 0 Å². The number of carbonyl (C=O) groups is 1. The molecule has 8 heteroatoms. The number of aliphatic hydroxyl groups is 1. The molecule has 0 spiro atoms. The minimum Gasteiger partial charge on any atom is -0.478 e. The van der Waals surface area contributed by atoms with Crippen LogP contribution in [0.4, 0.5) is 17.5 Å². The molecule has 1 aliphatic heterocycles. The van der Waals surface area contributed by atoms with Crippen molar-refractivity contribution in [1.82, 2.24) is 9.97 Å². The fourth-order valence-electron chi connectivity index (χ4n) is 2.97. The number of halogens is 1. The molecule has 0 saturated heterocycles. The van der Waals surface area contributed by atoms with Crippen LogP contribution in [0.2, 0.25) is 5.02 Å². The lowest BCUT2D eigenvalue weighted by atomic mass is 9.86. The first kappa shape index (κ1) is 19.0. The van der Waals surface area contributed by atoms with Crippen LogP contribution in [0.25, 0.3) is 0 Å². The maximum absolute atomic E-state index is 11.0. The summed E-state index contributed by atoms with van der Waals surface area (Å²) in [6, 6.07) is 5.56. The van der Waals surface area contributed by atoms with E-state index < -0.39 is 11.6 Å². The SMILES string of the molecule is CC(O)(C#Cc1ccc2c(c1)N(c1nc(N)ncc1Cl)CC2(C)C)C(=O)O. The minimum absolute atomic E-state index is 0.120. The van der Waals surface area contributed by atoms with E-state index in [-0.39, 0.29) is 11.4 Å². The van der Waals surface area contributed by atoms with Gasteiger partial charge in [0.05, 0.1) is 6.20 Å². The molecular weight excluding hydrogens is 368 g/mol. The second-order valence-corrected chi connectivity index (χ2v) is 7.64. The second-order valence-electron chi connectivity index (χ2n) is 7.23. The topological polar surface area (TPSA) is 113 Å². The van der Waals surface area contributed by atoms with Crippen LogP contribution in [0.1, 0.15) is 31.9 Å². The van der Waals surface area contributed by atoms with Gasteiger partial charge in [-0.15, -0.1) is 0 Å². The summed E-state index contributed by atoms with van der Waals surface area (Å²) in [5, 5.41) is 19.2. The Labute approximate surface area is 161 Å². The summed E-state index contributed by atoms with van der Waals surface area (Å²) in [6.45, 7) is 5.96. The number of carboxylic acid groups (broad SMARTS) is 1. The first-order valence-corrected chi connectivity index (χ1v) is 8.58. The summed E-state index contributed by atoms with van der Waals surface area (Å²) in [7, 11) is 0. The van der Waals surface area contributed by atoms with E-state index in [9.17, 15) is 9.90 Å². The predicted octanol–water partition coefficient (Wildman–Crippen LogP) is 2.33. The van der Waals surface area contributed by atoms with Crippen molar-refractivity contribution in [3.63, 3.8) is 0 Å². The maximum Gasteiger partial charge on any atom is 0.348 e. The highest BCUT2D eigenvalue weighted by Crippen LogP contribution is 2.45. The number of hydrogen-bond donors (Lipinski definition) is 3. The Bertz CT molecular complexity index is 992. The number of anilines is 3. The summed E-state index contributed by atoms with van der Waals surface area (Å²) < 4.78 is 0. The molecule has 0 radical (unpaired) electrons. The zero-order valence-electron chi connectivity index (χ0n) is 15.1. The molecule has 27 heavy (non-hydrogen) atoms. The molecule has 0 bridgehead atoms. The number of rotatable bonds is 2. The second kappa shape index (κ2) is 6.41. The van der Waals surface area contributed by atoms with Crippen LogP contribution in [-0.4, -0.2) is 38.3 Å². The lowest BCUT2D eigenvalue weighted by Gasteiger charge is -2.22. The van der Waals surface area contributed by atoms with Gasteiger partial charge in [0, 0.05) is 23.2 Å². The van der Waals surface area contributed by atoms with Crippen LogP contribution in [0.15, 0.2) is 24.4 Å². The lowest BCUT2D eigenvalue weighted by Crippen LogP contribution is -2.32. The van der Waals surface area contributed by atoms with Gasteiger partial charge in [0.15, 0.2) is 5.82 Å². The van der Waals surface area contributed by atoms with E-state index >= 15 is 0 Å². The van der Waals surface area contributed by atoms with Crippen LogP contribution in [-0.2, 0) is 10.2 Å². The predicted molar refractivity (Wildman–Crippen MR) is 103 cm³/mol. The Balaban J connectivity index is 2.09. The van der Waals surface area contributed by atoms with Gasteiger partial charge in [-0.2, -0.15) is 4.98 Å². The molecule has 1 aromatic carbocycles. The first-order valence-electron chi connectivity index (χ1n) is 8.20. The molecule has 0 amide bonds. The number of aliphatic carboxylic acids is 1. The first-order chi connectivity index (χ1) is 12.5. The average Bonchev–Trinajstić information content (AvgIpc) is 2.86. The van der Waals surface area contributed by atoms with Crippen molar-refractivity contribution in [2.75, 3.05) is 17.2 Å². The van der Waals surface area contributed by atoms with Crippen LogP contribution in [0.3, 0.4) is 0 Å². The van der Waals surface area contributed by atoms with Gasteiger partial charge in [-0.25, -0.2) is 9.78 Å². The highest BCUT2D eigenvalue weighted by Gasteiger charge is 2.37. The highest BCUT2D eigenvalue weighted by molar-refractivity contribution is 6.33. The summed E-state index contributed by atoms with van der Waals surface area (Å²) in [5.41, 5.74) is 5.92. The number of carboxylic acids is 1. The molecular formula is C19H19ClN4O3. The van der Waals surface area contributed by atoms with Gasteiger partial charge in [0.2, 0.25) is 11.5 Å². The van der Waals surface area contributed by atoms with Gasteiger partial charge in [-0.05, 0) is 24.6 Å². The van der Waals surface area contributed by atoms with Crippen LogP contribution < -0.4 is 10.6 Å². The Kier molecular flexibility index (Phi) is 4.50. The molecule has 3 rings (SSSR count). The van der Waals surface area contributed by atoms with E-state index in [4.69, 9.17) is 22.4 Å². The Morgan fingerprint density at radius 2 is 2.15 bits per heavy atom. The molecule has 7 nitrogen and oxygen atoms in total. The fraction of sp³-hybridized carbons (Fsp3) is 0.316. The van der Waals surface area contributed by atoms with Crippen LogP contribution in [0, 0.1) is 11.8 Å². The lowest BCUT2D eigenvalue weighted by molar-refractivity contribution is -0.151. The average molecular weight is 387 g/mol. The number of nitrogen functional groups attached to an aromatic ring is 1. The molecule has 2 heterocycles. The van der Waals surface area contributed by atoms with E-state index in [0.717, 1.165) is 18.2 Å². The number of fused-ring (bicyclic) bond motifs is 1. The molecule has 0 aliphatic carbocycles. The smallest absolute Gasteiger partial charge is 0.348 e. The minimum atomic E-state index is -2.12. The molecule has 1 atom stereocenters. The molecule has 0 saturated carbocycles. The molecule has 1 aliphatic rings. The van der Waals surface area contributed by atoms with Crippen LogP contribution >= 0.6 is 11.6 Å². The van der Waals surface area contributed by atoms with Gasteiger partial charge in [-0.1, -0.05) is 43.4 Å². The van der Waals surface area contributed by atoms with Crippen molar-refractivity contribution < 1.29 is 15.0 Å². The highest BCUT2D eigenvalue weighted by atomic mass is 35.5. The van der Waals surface area contributed by atoms with Crippen molar-refractivity contribution in [3.8, 4) is 11.8 Å². The molecule has 1 aromatic heterocycles. The fourth-order valence-corrected chi connectivity index (χ4v) is 3.16. The third kappa shape index (κ3) is 3.54. The van der Waals surface area contributed by atoms with E-state index in [1.54, 1.807) is 6.07 Å². The largest absolute Gasteiger partial charge is 0.478 e. The van der Waals surface area contributed by atoms with Gasteiger partial charge in [-0.3, -0.25) is 0 Å². The number of benzene rings is 1. The van der Waals surface area contributed by atoms with Crippen molar-refractivity contribution in [3.05, 3.63) is 40.5 Å². The van der Waals surface area contributed by atoms with Gasteiger partial charge in [0.1, 0.15) is 5.02 Å². The van der Waals surface area contributed by atoms with Gasteiger partial charge in [0.25, 0.3) is 0 Å². The van der Waals surface area contributed by atoms with E-state index in [0.29, 0.717) is 22.9 Å². The number of aromatic nitrogens is 2. The van der Waals surface area contributed by atoms with E-state index in [1.807, 2.05) is 17.0 Å². The zero-order chi connectivity index (χ0) is 20.0. The van der Waals surface area contributed by atoms with Crippen molar-refractivity contribution in [1.29, 1.82) is 0 Å². The Morgan fingerprint density at radius 1 is 1.44 bits per heavy atom. The molecule has 1 unspecified atom stereocenters. The molecule has 2 aromatic rings. The van der Waals surface area contributed by atoms with Crippen molar-refractivity contribution >= 4 is 35.0 Å². The molecule has 0 fully saturated rings. The third-order valence-corrected chi connectivity index (χ3v) is 4.70. The summed E-state index contributed by atoms with van der Waals surface area (Å²) in [4.78, 5) is 21.1. The van der Waals surface area contributed by atoms with Gasteiger partial charge >= 0.3 is 5.97 Å². The van der Waals surface area contributed by atoms with Crippen molar-refractivity contribution in [2.24, 2.45) is 0 Å². The van der Waals surface area contributed by atoms with E-state index in [1.165, 1.54) is 6.20 Å². The summed E-state index contributed by atoms with van der Waals surface area (Å²) >= 11 is 6.28. The standard InChI is InChI=1S/C19H19ClN4O3/c1-18(2)10-24(15-13(20)9-22-17(21)23-15)14-8-11(4-5-12(14)18)6-7-19(3,27)16(25)26/h4-5,8-9,27H,10H2,1-3H3,(H,25,26)(H2,21,22,23). The number of nitrogens with zero attached hydrogens (tertiary/aromatic N) is 3. The number of hydrogen-bond acceptors (Lipinski definition) is 6. The van der Waals surface area contributed by atoms with Gasteiger partial charge < -0.3 is 20.8 Å².